The van der Waals surface area contributed by atoms with Gasteiger partial charge in [0.15, 0.2) is 0 Å². The lowest BCUT2D eigenvalue weighted by Gasteiger charge is -2.12. The SMILES string of the molecule is CCc1ccc(CC(O)c2cc(Br)ccc2I)s1. The molecule has 1 aromatic heterocycles. The molecule has 2 rings (SSSR count). The minimum Gasteiger partial charge on any atom is -0.388 e. The van der Waals surface area contributed by atoms with E-state index >= 15 is 0 Å². The van der Waals surface area contributed by atoms with Gasteiger partial charge in [0.05, 0.1) is 6.10 Å². The zero-order valence-electron chi connectivity index (χ0n) is 9.99. The average Bonchev–Trinajstić information content (AvgIpc) is 2.80. The smallest absolute Gasteiger partial charge is 0.0848 e. The van der Waals surface area contributed by atoms with E-state index in [-0.39, 0.29) is 0 Å². The Morgan fingerprint density at radius 1 is 1.28 bits per heavy atom. The topological polar surface area (TPSA) is 20.2 Å². The van der Waals surface area contributed by atoms with Crippen molar-refractivity contribution in [3.63, 3.8) is 0 Å². The number of aliphatic hydroxyl groups is 1. The third kappa shape index (κ3) is 3.56. The third-order valence-corrected chi connectivity index (χ3v) is 5.50. The molecule has 0 aliphatic carbocycles. The Kier molecular flexibility index (Phi) is 5.24. The van der Waals surface area contributed by atoms with Crippen molar-refractivity contribution in [1.29, 1.82) is 0 Å². The summed E-state index contributed by atoms with van der Waals surface area (Å²) in [6, 6.07) is 10.3. The summed E-state index contributed by atoms with van der Waals surface area (Å²) in [5.41, 5.74) is 0.997. The summed E-state index contributed by atoms with van der Waals surface area (Å²) in [6.45, 7) is 2.16. The van der Waals surface area contributed by atoms with Crippen LogP contribution in [0.2, 0.25) is 0 Å². The van der Waals surface area contributed by atoms with Crippen LogP contribution < -0.4 is 0 Å². The molecule has 96 valence electrons. The predicted molar refractivity (Wildman–Crippen MR) is 89.2 cm³/mol. The number of aliphatic hydroxyl groups excluding tert-OH is 1. The molecule has 0 aliphatic heterocycles. The first-order chi connectivity index (χ1) is 8.60. The largest absolute Gasteiger partial charge is 0.388 e. The summed E-state index contributed by atoms with van der Waals surface area (Å²) in [6.07, 6.45) is 1.32. The number of hydrogen-bond donors (Lipinski definition) is 1. The minimum atomic E-state index is -0.433. The molecule has 0 saturated carbocycles. The van der Waals surface area contributed by atoms with Gasteiger partial charge >= 0.3 is 0 Å². The van der Waals surface area contributed by atoms with Gasteiger partial charge in [-0.15, -0.1) is 11.3 Å². The highest BCUT2D eigenvalue weighted by Gasteiger charge is 2.13. The second-order valence-corrected chi connectivity index (χ2v) is 7.44. The molecule has 1 atom stereocenters. The maximum atomic E-state index is 10.3. The zero-order chi connectivity index (χ0) is 13.1. The molecule has 0 aliphatic rings. The Bertz CT molecular complexity index is 538. The van der Waals surface area contributed by atoms with Gasteiger partial charge in [-0.3, -0.25) is 0 Å². The molecule has 1 nitrogen and oxygen atoms in total. The standard InChI is InChI=1S/C14H14BrIOS/c1-2-10-4-5-11(18-10)8-14(17)12-7-9(15)3-6-13(12)16/h3-7,14,17H,2,8H2,1H3. The van der Waals surface area contributed by atoms with Gasteiger partial charge in [-0.2, -0.15) is 0 Å². The van der Waals surface area contributed by atoms with Crippen LogP contribution in [0.25, 0.3) is 0 Å². The molecule has 4 heteroatoms. The van der Waals surface area contributed by atoms with Gasteiger partial charge in [-0.25, -0.2) is 0 Å². The summed E-state index contributed by atoms with van der Waals surface area (Å²) in [5.74, 6) is 0. The van der Waals surface area contributed by atoms with Crippen molar-refractivity contribution in [1.82, 2.24) is 0 Å². The van der Waals surface area contributed by atoms with Gasteiger partial charge in [0, 0.05) is 24.2 Å². The van der Waals surface area contributed by atoms with Crippen molar-refractivity contribution in [3.05, 3.63) is 53.7 Å². The lowest BCUT2D eigenvalue weighted by atomic mass is 10.1. The van der Waals surface area contributed by atoms with Crippen molar-refractivity contribution in [3.8, 4) is 0 Å². The summed E-state index contributed by atoms with van der Waals surface area (Å²) >= 11 is 7.52. The van der Waals surface area contributed by atoms with Crippen LogP contribution in [0, 0.1) is 3.57 Å². The highest BCUT2D eigenvalue weighted by Crippen LogP contribution is 2.28. The maximum absolute atomic E-state index is 10.3. The van der Waals surface area contributed by atoms with Crippen LogP contribution in [0.15, 0.2) is 34.8 Å². The van der Waals surface area contributed by atoms with E-state index in [4.69, 9.17) is 0 Å². The molecule has 0 fully saturated rings. The monoisotopic (exact) mass is 436 g/mol. The van der Waals surface area contributed by atoms with Crippen LogP contribution in [-0.2, 0) is 12.8 Å². The highest BCUT2D eigenvalue weighted by molar-refractivity contribution is 14.1. The molecule has 0 saturated heterocycles. The fourth-order valence-corrected chi connectivity index (χ4v) is 3.86. The second kappa shape index (κ2) is 6.50. The quantitative estimate of drug-likeness (QED) is 0.672. The maximum Gasteiger partial charge on any atom is 0.0848 e. The molecule has 0 bridgehead atoms. The molecule has 1 N–H and O–H groups in total. The number of thiophene rings is 1. The predicted octanol–water partition coefficient (Wildman–Crippen LogP) is 4.95. The molecule has 1 unspecified atom stereocenters. The molecule has 0 radical (unpaired) electrons. The summed E-state index contributed by atoms with van der Waals surface area (Å²) in [5, 5.41) is 10.3. The average molecular weight is 437 g/mol. The Hall–Kier alpha value is 0.0900. The Morgan fingerprint density at radius 3 is 2.67 bits per heavy atom. The number of halogens is 2. The van der Waals surface area contributed by atoms with Crippen LogP contribution >= 0.6 is 49.9 Å². The van der Waals surface area contributed by atoms with E-state index in [1.54, 1.807) is 11.3 Å². The Morgan fingerprint density at radius 2 is 2.00 bits per heavy atom. The van der Waals surface area contributed by atoms with E-state index in [9.17, 15) is 5.11 Å². The van der Waals surface area contributed by atoms with Gasteiger partial charge in [0.2, 0.25) is 0 Å². The number of hydrogen-bond acceptors (Lipinski definition) is 2. The summed E-state index contributed by atoms with van der Waals surface area (Å²) < 4.78 is 2.12. The van der Waals surface area contributed by atoms with Crippen LogP contribution in [0.5, 0.6) is 0 Å². The molecule has 18 heavy (non-hydrogen) atoms. The first-order valence-electron chi connectivity index (χ1n) is 5.80. The first-order valence-corrected chi connectivity index (χ1v) is 8.49. The van der Waals surface area contributed by atoms with E-state index in [0.717, 1.165) is 20.0 Å². The first kappa shape index (κ1) is 14.5. The molecule has 2 aromatic rings. The van der Waals surface area contributed by atoms with Crippen LogP contribution in [0.4, 0.5) is 0 Å². The van der Waals surface area contributed by atoms with E-state index in [1.807, 2.05) is 18.2 Å². The van der Waals surface area contributed by atoms with Gasteiger partial charge < -0.3 is 5.11 Å². The van der Waals surface area contributed by atoms with Crippen molar-refractivity contribution >= 4 is 49.9 Å². The molecule has 0 amide bonds. The van der Waals surface area contributed by atoms with Crippen LogP contribution in [0.3, 0.4) is 0 Å². The Labute approximate surface area is 134 Å². The summed E-state index contributed by atoms with van der Waals surface area (Å²) in [7, 11) is 0. The van der Waals surface area contributed by atoms with Gasteiger partial charge in [0.1, 0.15) is 0 Å². The molecule has 0 spiro atoms. The van der Waals surface area contributed by atoms with E-state index < -0.39 is 6.10 Å². The van der Waals surface area contributed by atoms with E-state index in [1.165, 1.54) is 9.75 Å². The molecule has 1 aromatic carbocycles. The third-order valence-electron chi connectivity index (χ3n) is 2.78. The van der Waals surface area contributed by atoms with Crippen molar-refractivity contribution in [2.75, 3.05) is 0 Å². The van der Waals surface area contributed by atoms with Gasteiger partial charge in [0.25, 0.3) is 0 Å². The van der Waals surface area contributed by atoms with Crippen molar-refractivity contribution < 1.29 is 5.11 Å². The summed E-state index contributed by atoms with van der Waals surface area (Å²) in [4.78, 5) is 2.62. The fourth-order valence-electron chi connectivity index (χ4n) is 1.79. The van der Waals surface area contributed by atoms with E-state index in [0.29, 0.717) is 6.42 Å². The van der Waals surface area contributed by atoms with E-state index in [2.05, 4.69) is 57.6 Å². The van der Waals surface area contributed by atoms with Crippen molar-refractivity contribution in [2.45, 2.75) is 25.9 Å². The lowest BCUT2D eigenvalue weighted by Crippen LogP contribution is -2.02. The second-order valence-electron chi connectivity index (χ2n) is 4.11. The Balaban J connectivity index is 2.16. The van der Waals surface area contributed by atoms with Gasteiger partial charge in [-0.05, 0) is 64.9 Å². The van der Waals surface area contributed by atoms with Crippen LogP contribution in [0.1, 0.15) is 28.3 Å². The highest BCUT2D eigenvalue weighted by atomic mass is 127. The zero-order valence-corrected chi connectivity index (χ0v) is 14.5. The molecular weight excluding hydrogens is 423 g/mol. The van der Waals surface area contributed by atoms with Gasteiger partial charge in [-0.1, -0.05) is 22.9 Å². The fraction of sp³-hybridized carbons (Fsp3) is 0.286. The number of rotatable bonds is 4. The number of aryl methyl sites for hydroxylation is 1. The lowest BCUT2D eigenvalue weighted by molar-refractivity contribution is 0.178. The van der Waals surface area contributed by atoms with Crippen LogP contribution in [-0.4, -0.2) is 5.11 Å². The number of benzene rings is 1. The normalized spacial score (nSPS) is 12.7. The van der Waals surface area contributed by atoms with Crippen molar-refractivity contribution in [2.24, 2.45) is 0 Å². The molecular formula is C14H14BrIOS. The minimum absolute atomic E-state index is 0.433. The molecule has 1 heterocycles.